The lowest BCUT2D eigenvalue weighted by Gasteiger charge is -2.26. The smallest absolute Gasteiger partial charge is 0.272 e. The number of nitrogens with zero attached hydrogens (tertiary/aromatic N) is 3. The van der Waals surface area contributed by atoms with E-state index in [2.05, 4.69) is 10.4 Å². The highest BCUT2D eigenvalue weighted by Crippen LogP contribution is 2.14. The molecule has 2 rings (SSSR count). The van der Waals surface area contributed by atoms with Crippen LogP contribution < -0.4 is 5.32 Å². The van der Waals surface area contributed by atoms with Crippen molar-refractivity contribution in [2.24, 2.45) is 7.05 Å². The Morgan fingerprint density at radius 1 is 1.50 bits per heavy atom. The van der Waals surface area contributed by atoms with E-state index in [1.165, 1.54) is 0 Å². The third-order valence-electron chi connectivity index (χ3n) is 3.45. The quantitative estimate of drug-likeness (QED) is 0.876. The van der Waals surface area contributed by atoms with E-state index in [1.807, 2.05) is 11.9 Å². The highest BCUT2D eigenvalue weighted by molar-refractivity contribution is 5.92. The van der Waals surface area contributed by atoms with Crippen molar-refractivity contribution in [2.45, 2.75) is 25.3 Å². The number of carbonyl (C=O) groups excluding carboxylic acids is 1. The summed E-state index contributed by atoms with van der Waals surface area (Å²) in [7, 11) is 3.70. The molecule has 1 amide bonds. The number of aromatic nitrogens is 2. The summed E-state index contributed by atoms with van der Waals surface area (Å²) >= 11 is 0. The normalized spacial score (nSPS) is 19.8. The molecule has 102 valence electrons. The number of hydrogen-bond acceptors (Lipinski definition) is 3. The minimum Gasteiger partial charge on any atom is -0.337 e. The van der Waals surface area contributed by atoms with Crippen LogP contribution in [0.2, 0.25) is 0 Å². The summed E-state index contributed by atoms with van der Waals surface area (Å²) in [4.78, 5) is 14.1. The summed E-state index contributed by atoms with van der Waals surface area (Å²) < 4.78 is 1.63. The lowest BCUT2D eigenvalue weighted by atomic mass is 10.1. The molecule has 0 spiro atoms. The minimum absolute atomic E-state index is 0. The molecule has 0 saturated carbocycles. The van der Waals surface area contributed by atoms with Crippen LogP contribution >= 0.6 is 12.4 Å². The van der Waals surface area contributed by atoms with Crippen molar-refractivity contribution in [1.29, 1.82) is 0 Å². The van der Waals surface area contributed by atoms with E-state index in [0.29, 0.717) is 11.7 Å². The molecule has 1 unspecified atom stereocenters. The van der Waals surface area contributed by atoms with Crippen LogP contribution in [0.15, 0.2) is 12.3 Å². The molecule has 1 aromatic rings. The third kappa shape index (κ3) is 3.23. The number of aryl methyl sites for hydroxylation is 1. The summed E-state index contributed by atoms with van der Waals surface area (Å²) in [6.45, 7) is 2.05. The number of hydrogen-bond donors (Lipinski definition) is 1. The van der Waals surface area contributed by atoms with Gasteiger partial charge in [0.15, 0.2) is 0 Å². The molecule has 18 heavy (non-hydrogen) atoms. The Morgan fingerprint density at radius 2 is 2.28 bits per heavy atom. The van der Waals surface area contributed by atoms with Gasteiger partial charge < -0.3 is 10.2 Å². The molecule has 1 fully saturated rings. The Labute approximate surface area is 114 Å². The molecule has 2 heterocycles. The molecule has 0 aromatic carbocycles. The average Bonchev–Trinajstić information content (AvgIpc) is 2.60. The number of rotatable bonds is 2. The minimum atomic E-state index is 0. The van der Waals surface area contributed by atoms with Crippen LogP contribution in [-0.2, 0) is 7.05 Å². The van der Waals surface area contributed by atoms with Crippen LogP contribution in [0, 0.1) is 0 Å². The zero-order chi connectivity index (χ0) is 12.3. The largest absolute Gasteiger partial charge is 0.337 e. The van der Waals surface area contributed by atoms with Crippen LogP contribution in [-0.4, -0.2) is 46.8 Å². The van der Waals surface area contributed by atoms with Crippen LogP contribution in [0.1, 0.15) is 29.8 Å². The number of nitrogens with one attached hydrogen (secondary N) is 1. The summed E-state index contributed by atoms with van der Waals surface area (Å²) in [5.74, 6) is 0.0666. The first-order valence-electron chi connectivity index (χ1n) is 6.16. The summed E-state index contributed by atoms with van der Waals surface area (Å²) in [5, 5.41) is 7.40. The lowest BCUT2D eigenvalue weighted by Crippen LogP contribution is -2.38. The second-order valence-electron chi connectivity index (χ2n) is 4.59. The fraction of sp³-hybridized carbons (Fsp3) is 0.667. The molecule has 6 heteroatoms. The molecular formula is C12H21ClN4O. The van der Waals surface area contributed by atoms with Crippen molar-refractivity contribution in [1.82, 2.24) is 20.0 Å². The number of halogens is 1. The van der Waals surface area contributed by atoms with E-state index in [1.54, 1.807) is 24.0 Å². The van der Waals surface area contributed by atoms with Gasteiger partial charge in [-0.2, -0.15) is 5.10 Å². The molecule has 1 aromatic heterocycles. The van der Waals surface area contributed by atoms with E-state index in [-0.39, 0.29) is 18.3 Å². The molecule has 0 bridgehead atoms. The van der Waals surface area contributed by atoms with Crippen molar-refractivity contribution in [3.8, 4) is 0 Å². The molecule has 5 nitrogen and oxygen atoms in total. The molecule has 1 saturated heterocycles. The molecule has 0 radical (unpaired) electrons. The van der Waals surface area contributed by atoms with Gasteiger partial charge in [-0.25, -0.2) is 0 Å². The predicted molar refractivity (Wildman–Crippen MR) is 73.1 cm³/mol. The highest BCUT2D eigenvalue weighted by Gasteiger charge is 2.23. The van der Waals surface area contributed by atoms with Crippen LogP contribution in [0.4, 0.5) is 0 Å². The van der Waals surface area contributed by atoms with Crippen molar-refractivity contribution < 1.29 is 4.79 Å². The van der Waals surface area contributed by atoms with Crippen LogP contribution in [0.25, 0.3) is 0 Å². The maximum Gasteiger partial charge on any atom is 0.272 e. The van der Waals surface area contributed by atoms with Crippen molar-refractivity contribution in [3.63, 3.8) is 0 Å². The fourth-order valence-electron chi connectivity index (χ4n) is 2.32. The van der Waals surface area contributed by atoms with E-state index in [4.69, 9.17) is 0 Å². The van der Waals surface area contributed by atoms with Crippen molar-refractivity contribution in [2.75, 3.05) is 20.1 Å². The van der Waals surface area contributed by atoms with Gasteiger partial charge in [-0.15, -0.1) is 12.4 Å². The summed E-state index contributed by atoms with van der Waals surface area (Å²) in [6, 6.07) is 2.11. The Bertz CT molecular complexity index is 385. The maximum atomic E-state index is 12.3. The van der Waals surface area contributed by atoms with Crippen molar-refractivity contribution >= 4 is 18.3 Å². The Morgan fingerprint density at radius 3 is 2.94 bits per heavy atom. The second kappa shape index (κ2) is 6.75. The first kappa shape index (κ1) is 15.0. The molecule has 0 aliphatic carbocycles. The van der Waals surface area contributed by atoms with E-state index >= 15 is 0 Å². The average molecular weight is 273 g/mol. The van der Waals surface area contributed by atoms with Gasteiger partial charge in [0.05, 0.1) is 0 Å². The van der Waals surface area contributed by atoms with Gasteiger partial charge in [-0.1, -0.05) is 0 Å². The fourth-order valence-corrected chi connectivity index (χ4v) is 2.32. The Kier molecular flexibility index (Phi) is 5.62. The zero-order valence-electron chi connectivity index (χ0n) is 10.9. The van der Waals surface area contributed by atoms with E-state index in [9.17, 15) is 4.79 Å². The topological polar surface area (TPSA) is 50.2 Å². The van der Waals surface area contributed by atoms with Gasteiger partial charge in [-0.3, -0.25) is 9.48 Å². The van der Waals surface area contributed by atoms with E-state index < -0.39 is 0 Å². The summed E-state index contributed by atoms with van der Waals surface area (Å²) in [6.07, 6.45) is 4.90. The Balaban J connectivity index is 0.00000162. The van der Waals surface area contributed by atoms with Crippen LogP contribution in [0.3, 0.4) is 0 Å². The number of carbonyl (C=O) groups is 1. The van der Waals surface area contributed by atoms with Gasteiger partial charge in [0.25, 0.3) is 5.91 Å². The highest BCUT2D eigenvalue weighted by atomic mass is 35.5. The van der Waals surface area contributed by atoms with Gasteiger partial charge >= 0.3 is 0 Å². The lowest BCUT2D eigenvalue weighted by molar-refractivity contribution is 0.0709. The van der Waals surface area contributed by atoms with E-state index in [0.717, 1.165) is 32.4 Å². The van der Waals surface area contributed by atoms with Crippen molar-refractivity contribution in [3.05, 3.63) is 18.0 Å². The Hall–Kier alpha value is -1.07. The second-order valence-corrected chi connectivity index (χ2v) is 4.59. The molecule has 1 atom stereocenters. The molecular weight excluding hydrogens is 252 g/mol. The first-order chi connectivity index (χ1) is 8.20. The van der Waals surface area contributed by atoms with Gasteiger partial charge in [0.1, 0.15) is 5.69 Å². The SMILES string of the molecule is CN(C(=O)c1ccnn1C)C1CCCNCC1.Cl. The first-order valence-corrected chi connectivity index (χ1v) is 6.16. The third-order valence-corrected chi connectivity index (χ3v) is 3.45. The number of amides is 1. The van der Waals surface area contributed by atoms with Gasteiger partial charge in [0.2, 0.25) is 0 Å². The summed E-state index contributed by atoms with van der Waals surface area (Å²) in [5.41, 5.74) is 0.657. The monoisotopic (exact) mass is 272 g/mol. The van der Waals surface area contributed by atoms with Gasteiger partial charge in [0, 0.05) is 26.3 Å². The molecule has 1 aliphatic rings. The molecule has 1 aliphatic heterocycles. The molecule has 1 N–H and O–H groups in total. The zero-order valence-corrected chi connectivity index (χ0v) is 11.7. The van der Waals surface area contributed by atoms with Crippen LogP contribution in [0.5, 0.6) is 0 Å². The maximum absolute atomic E-state index is 12.3. The predicted octanol–water partition coefficient (Wildman–Crippen LogP) is 1.06. The standard InChI is InChI=1S/C12H20N4O.ClH/c1-15(10-4-3-7-13-8-5-10)12(17)11-6-9-14-16(11)2;/h6,9-10,13H,3-5,7-8H2,1-2H3;1H. The van der Waals surface area contributed by atoms with Gasteiger partial charge in [-0.05, 0) is 38.4 Å².